The Hall–Kier alpha value is -1.89. The number of rotatable bonds is 3. The predicted molar refractivity (Wildman–Crippen MR) is 66.1 cm³/mol. The summed E-state index contributed by atoms with van der Waals surface area (Å²) in [5.74, 6) is -0.753. The van der Waals surface area contributed by atoms with Crippen molar-refractivity contribution in [3.8, 4) is 5.88 Å². The van der Waals surface area contributed by atoms with Gasteiger partial charge in [-0.2, -0.15) is 4.98 Å². The fourth-order valence-electron chi connectivity index (χ4n) is 1.90. The van der Waals surface area contributed by atoms with Crippen molar-refractivity contribution in [3.05, 3.63) is 11.3 Å². The molecule has 0 bridgehead atoms. The van der Waals surface area contributed by atoms with E-state index in [1.807, 2.05) is 0 Å². The van der Waals surface area contributed by atoms with Crippen LogP contribution in [0.1, 0.15) is 6.42 Å². The molecule has 0 radical (unpaired) electrons. The van der Waals surface area contributed by atoms with Gasteiger partial charge >= 0.3 is 5.97 Å². The second kappa shape index (κ2) is 5.40. The molecule has 1 unspecified atom stereocenters. The molecule has 1 atom stereocenters. The quantitative estimate of drug-likeness (QED) is 0.759. The summed E-state index contributed by atoms with van der Waals surface area (Å²) in [6, 6.07) is 0. The summed E-state index contributed by atoms with van der Waals surface area (Å²) in [7, 11) is 2.69. The first-order chi connectivity index (χ1) is 9.06. The highest BCUT2D eigenvalue weighted by molar-refractivity contribution is 6.29. The van der Waals surface area contributed by atoms with E-state index < -0.39 is 11.9 Å². The number of anilines is 1. The maximum absolute atomic E-state index is 11.9. The summed E-state index contributed by atoms with van der Waals surface area (Å²) < 4.78 is 9.68. The van der Waals surface area contributed by atoms with Gasteiger partial charge in [-0.3, -0.25) is 14.5 Å². The lowest BCUT2D eigenvalue weighted by atomic mass is 10.1. The Morgan fingerprint density at radius 1 is 1.53 bits per heavy atom. The van der Waals surface area contributed by atoms with Gasteiger partial charge in [0.05, 0.1) is 26.3 Å². The third-order valence-electron chi connectivity index (χ3n) is 2.80. The van der Waals surface area contributed by atoms with Crippen LogP contribution in [0.25, 0.3) is 0 Å². The lowest BCUT2D eigenvalue weighted by Crippen LogP contribution is -2.27. The highest BCUT2D eigenvalue weighted by Crippen LogP contribution is 2.30. The number of hydrogen-bond acceptors (Lipinski definition) is 6. The zero-order valence-electron chi connectivity index (χ0n) is 10.4. The zero-order chi connectivity index (χ0) is 14.0. The van der Waals surface area contributed by atoms with E-state index in [9.17, 15) is 9.59 Å². The number of ether oxygens (including phenoxy) is 2. The van der Waals surface area contributed by atoms with Crippen LogP contribution in [0.3, 0.4) is 0 Å². The first-order valence-electron chi connectivity index (χ1n) is 5.51. The monoisotopic (exact) mass is 285 g/mol. The van der Waals surface area contributed by atoms with Gasteiger partial charge in [0.25, 0.3) is 5.88 Å². The third kappa shape index (κ3) is 2.60. The molecule has 0 saturated carbocycles. The molecule has 1 aromatic rings. The molecule has 1 fully saturated rings. The molecule has 1 aromatic heterocycles. The van der Waals surface area contributed by atoms with Gasteiger partial charge in [-0.25, -0.2) is 4.98 Å². The predicted octanol–water partition coefficient (Wildman–Crippen LogP) is 0.664. The van der Waals surface area contributed by atoms with Gasteiger partial charge in [-0.15, -0.1) is 0 Å². The van der Waals surface area contributed by atoms with E-state index in [4.69, 9.17) is 16.3 Å². The van der Waals surface area contributed by atoms with E-state index in [0.717, 1.165) is 0 Å². The number of amides is 1. The first-order valence-corrected chi connectivity index (χ1v) is 5.89. The molecule has 0 spiro atoms. The van der Waals surface area contributed by atoms with Crippen LogP contribution in [0.4, 0.5) is 5.82 Å². The van der Waals surface area contributed by atoms with Gasteiger partial charge in [0.2, 0.25) is 5.91 Å². The second-order valence-electron chi connectivity index (χ2n) is 3.95. The van der Waals surface area contributed by atoms with Crippen LogP contribution in [0, 0.1) is 5.92 Å². The molecule has 19 heavy (non-hydrogen) atoms. The Bertz CT molecular complexity index is 523. The smallest absolute Gasteiger partial charge is 0.311 e. The Morgan fingerprint density at radius 2 is 2.26 bits per heavy atom. The fourth-order valence-corrected chi connectivity index (χ4v) is 2.03. The highest BCUT2D eigenvalue weighted by Gasteiger charge is 2.38. The van der Waals surface area contributed by atoms with Crippen molar-refractivity contribution in [2.45, 2.75) is 6.42 Å². The molecule has 8 heteroatoms. The molecule has 1 aliphatic heterocycles. The zero-order valence-corrected chi connectivity index (χ0v) is 11.2. The van der Waals surface area contributed by atoms with Crippen molar-refractivity contribution in [1.82, 2.24) is 9.97 Å². The number of carbonyl (C=O) groups excluding carboxylic acids is 2. The van der Waals surface area contributed by atoms with Gasteiger partial charge in [0.1, 0.15) is 0 Å². The molecular weight excluding hydrogens is 274 g/mol. The molecule has 2 rings (SSSR count). The number of nitrogens with zero attached hydrogens (tertiary/aromatic N) is 3. The largest absolute Gasteiger partial charge is 0.478 e. The van der Waals surface area contributed by atoms with Crippen LogP contribution < -0.4 is 9.64 Å². The van der Waals surface area contributed by atoms with E-state index in [2.05, 4.69) is 14.7 Å². The van der Waals surface area contributed by atoms with E-state index >= 15 is 0 Å². The van der Waals surface area contributed by atoms with Gasteiger partial charge in [0, 0.05) is 13.0 Å². The lowest BCUT2D eigenvalue weighted by Gasteiger charge is -2.17. The van der Waals surface area contributed by atoms with E-state index in [-0.39, 0.29) is 35.7 Å². The molecule has 0 aromatic carbocycles. The average molecular weight is 286 g/mol. The Balaban J connectivity index is 2.28. The summed E-state index contributed by atoms with van der Waals surface area (Å²) in [6.45, 7) is 0.193. The summed E-state index contributed by atoms with van der Waals surface area (Å²) in [6.07, 6.45) is 1.40. The maximum Gasteiger partial charge on any atom is 0.311 e. The molecular formula is C11H12ClN3O4. The minimum Gasteiger partial charge on any atom is -0.478 e. The second-order valence-corrected chi connectivity index (χ2v) is 4.34. The lowest BCUT2D eigenvalue weighted by molar-refractivity contribution is -0.145. The molecule has 1 amide bonds. The van der Waals surface area contributed by atoms with Crippen molar-refractivity contribution in [2.75, 3.05) is 25.7 Å². The maximum atomic E-state index is 11.9. The van der Waals surface area contributed by atoms with E-state index in [1.54, 1.807) is 0 Å². The summed E-state index contributed by atoms with van der Waals surface area (Å²) in [4.78, 5) is 32.7. The molecule has 0 aliphatic carbocycles. The van der Waals surface area contributed by atoms with E-state index in [1.165, 1.54) is 25.3 Å². The summed E-state index contributed by atoms with van der Waals surface area (Å²) in [5, 5.41) is 0.164. The molecule has 1 aliphatic rings. The number of hydrogen-bond donors (Lipinski definition) is 0. The third-order valence-corrected chi connectivity index (χ3v) is 2.98. The van der Waals surface area contributed by atoms with Crippen LogP contribution in [0.15, 0.2) is 6.20 Å². The van der Waals surface area contributed by atoms with Crippen LogP contribution in [-0.4, -0.2) is 42.6 Å². The minimum atomic E-state index is -0.500. The fraction of sp³-hybridized carbons (Fsp3) is 0.455. The number of aromatic nitrogens is 2. The molecule has 1 saturated heterocycles. The van der Waals surface area contributed by atoms with Gasteiger partial charge in [-0.05, 0) is 0 Å². The SMILES string of the molecule is COC(=O)C1CC(=O)N(c2ncc(Cl)nc2OC)C1. The molecule has 0 N–H and O–H groups in total. The van der Waals surface area contributed by atoms with Crippen LogP contribution in [0.2, 0.25) is 5.15 Å². The Morgan fingerprint density at radius 3 is 2.89 bits per heavy atom. The van der Waals surface area contributed by atoms with Gasteiger partial charge in [0.15, 0.2) is 11.0 Å². The number of esters is 1. The number of methoxy groups -OCH3 is 2. The average Bonchev–Trinajstić information content (AvgIpc) is 2.79. The normalized spacial score (nSPS) is 18.6. The molecule has 102 valence electrons. The van der Waals surface area contributed by atoms with Gasteiger partial charge in [-0.1, -0.05) is 11.6 Å². The minimum absolute atomic E-state index is 0.0835. The first kappa shape index (κ1) is 13.5. The van der Waals surface area contributed by atoms with Crippen molar-refractivity contribution in [2.24, 2.45) is 5.92 Å². The van der Waals surface area contributed by atoms with Gasteiger partial charge < -0.3 is 9.47 Å². The Labute approximate surface area is 114 Å². The van der Waals surface area contributed by atoms with Crippen LogP contribution >= 0.6 is 11.6 Å². The topological polar surface area (TPSA) is 81.6 Å². The molecule has 2 heterocycles. The Kier molecular flexibility index (Phi) is 3.84. The van der Waals surface area contributed by atoms with Crippen molar-refractivity contribution in [3.63, 3.8) is 0 Å². The molecule has 7 nitrogen and oxygen atoms in total. The van der Waals surface area contributed by atoms with Crippen LogP contribution in [0.5, 0.6) is 5.88 Å². The van der Waals surface area contributed by atoms with Crippen molar-refractivity contribution < 1.29 is 19.1 Å². The van der Waals surface area contributed by atoms with Crippen molar-refractivity contribution in [1.29, 1.82) is 0 Å². The highest BCUT2D eigenvalue weighted by atomic mass is 35.5. The summed E-state index contributed by atoms with van der Waals surface area (Å²) in [5.41, 5.74) is 0. The van der Waals surface area contributed by atoms with Crippen LogP contribution in [-0.2, 0) is 14.3 Å². The number of halogens is 1. The van der Waals surface area contributed by atoms with Crippen molar-refractivity contribution >= 4 is 29.3 Å². The van der Waals surface area contributed by atoms with E-state index in [0.29, 0.717) is 0 Å². The summed E-state index contributed by atoms with van der Waals surface area (Å²) >= 11 is 5.71. The standard InChI is InChI=1S/C11H12ClN3O4/c1-18-10-9(13-4-7(12)14-10)15-5-6(3-8(15)16)11(17)19-2/h4,6H,3,5H2,1-2H3. The number of carbonyl (C=O) groups is 2.